The van der Waals surface area contributed by atoms with Crippen LogP contribution in [0.15, 0.2) is 46.2 Å². The number of hydrogen-bond acceptors (Lipinski definition) is 4. The van der Waals surface area contributed by atoms with Gasteiger partial charge in [-0.05, 0) is 43.3 Å². The first-order valence-corrected chi connectivity index (χ1v) is 7.78. The van der Waals surface area contributed by atoms with Gasteiger partial charge in [-0.15, -0.1) is 0 Å². The van der Waals surface area contributed by atoms with Crippen molar-refractivity contribution in [1.29, 1.82) is 0 Å². The van der Waals surface area contributed by atoms with Crippen LogP contribution in [0.1, 0.15) is 17.3 Å². The molecule has 2 aromatic carbocycles. The van der Waals surface area contributed by atoms with E-state index in [1.807, 2.05) is 12.1 Å². The van der Waals surface area contributed by atoms with Crippen LogP contribution in [0, 0.1) is 0 Å². The average molecular weight is 342 g/mol. The zero-order valence-electron chi connectivity index (χ0n) is 11.2. The van der Waals surface area contributed by atoms with E-state index in [-0.39, 0.29) is 6.61 Å². The SMILES string of the molecule is CCOC(=O)c1cc(N)cc(Cl)c1Sc1ccc(Cl)cc1. The lowest BCUT2D eigenvalue weighted by Gasteiger charge is -2.11. The van der Waals surface area contributed by atoms with Crippen LogP contribution in [0.5, 0.6) is 0 Å². The van der Waals surface area contributed by atoms with Gasteiger partial charge in [-0.25, -0.2) is 4.79 Å². The summed E-state index contributed by atoms with van der Waals surface area (Å²) in [4.78, 5) is 13.6. The van der Waals surface area contributed by atoms with E-state index in [2.05, 4.69) is 0 Å². The topological polar surface area (TPSA) is 52.3 Å². The summed E-state index contributed by atoms with van der Waals surface area (Å²) in [7, 11) is 0. The summed E-state index contributed by atoms with van der Waals surface area (Å²) >= 11 is 13.5. The first kappa shape index (κ1) is 16.0. The number of anilines is 1. The van der Waals surface area contributed by atoms with Crippen molar-refractivity contribution in [3.05, 3.63) is 52.0 Å². The average Bonchev–Trinajstić information content (AvgIpc) is 2.44. The standard InChI is InChI=1S/C15H13Cl2NO2S/c1-2-20-15(19)12-7-10(18)8-13(17)14(12)21-11-5-3-9(16)4-6-11/h3-8H,2,18H2,1H3. The molecule has 2 N–H and O–H groups in total. The van der Waals surface area contributed by atoms with Crippen LogP contribution in [-0.4, -0.2) is 12.6 Å². The molecule has 0 spiro atoms. The highest BCUT2D eigenvalue weighted by molar-refractivity contribution is 7.99. The Labute approximate surface area is 137 Å². The summed E-state index contributed by atoms with van der Waals surface area (Å²) < 4.78 is 5.05. The third-order valence-electron chi connectivity index (χ3n) is 2.59. The van der Waals surface area contributed by atoms with Crippen LogP contribution < -0.4 is 5.73 Å². The number of carbonyl (C=O) groups excluding carboxylic acids is 1. The zero-order valence-corrected chi connectivity index (χ0v) is 13.6. The highest BCUT2D eigenvalue weighted by Crippen LogP contribution is 2.38. The van der Waals surface area contributed by atoms with Gasteiger partial charge in [0.05, 0.1) is 17.2 Å². The molecule has 0 heterocycles. The molecular formula is C15H13Cl2NO2S. The number of rotatable bonds is 4. The molecule has 0 bridgehead atoms. The maximum atomic E-state index is 12.0. The molecule has 2 rings (SSSR count). The van der Waals surface area contributed by atoms with Gasteiger partial charge in [0.15, 0.2) is 0 Å². The molecule has 3 nitrogen and oxygen atoms in total. The van der Waals surface area contributed by atoms with Crippen LogP contribution in [0.25, 0.3) is 0 Å². The number of nitrogens with two attached hydrogens (primary N) is 1. The fourth-order valence-corrected chi connectivity index (χ4v) is 3.09. The minimum absolute atomic E-state index is 0.288. The quantitative estimate of drug-likeness (QED) is 0.634. The first-order valence-electron chi connectivity index (χ1n) is 6.20. The number of nitrogen functional groups attached to an aromatic ring is 1. The number of carbonyl (C=O) groups is 1. The summed E-state index contributed by atoms with van der Waals surface area (Å²) in [6, 6.07) is 10.5. The van der Waals surface area contributed by atoms with Crippen LogP contribution >= 0.6 is 35.0 Å². The molecule has 0 aliphatic heterocycles. The summed E-state index contributed by atoms with van der Waals surface area (Å²) in [5.74, 6) is -0.442. The van der Waals surface area contributed by atoms with Crippen molar-refractivity contribution in [3.63, 3.8) is 0 Å². The smallest absolute Gasteiger partial charge is 0.339 e. The molecular weight excluding hydrogens is 329 g/mol. The van der Waals surface area contributed by atoms with Crippen LogP contribution in [0.3, 0.4) is 0 Å². The van der Waals surface area contributed by atoms with Gasteiger partial charge in [-0.2, -0.15) is 0 Å². The predicted octanol–water partition coefficient (Wildman–Crippen LogP) is 4.90. The van der Waals surface area contributed by atoms with Crippen LogP contribution in [0.4, 0.5) is 5.69 Å². The molecule has 0 radical (unpaired) electrons. The highest BCUT2D eigenvalue weighted by atomic mass is 35.5. The minimum atomic E-state index is -0.442. The van der Waals surface area contributed by atoms with E-state index in [9.17, 15) is 4.79 Å². The molecule has 110 valence electrons. The van der Waals surface area contributed by atoms with Crippen molar-refractivity contribution >= 4 is 46.6 Å². The van der Waals surface area contributed by atoms with E-state index in [0.29, 0.717) is 26.2 Å². The van der Waals surface area contributed by atoms with Crippen molar-refractivity contribution in [1.82, 2.24) is 0 Å². The predicted molar refractivity (Wildman–Crippen MR) is 87.4 cm³/mol. The Balaban J connectivity index is 2.41. The zero-order chi connectivity index (χ0) is 15.4. The Morgan fingerprint density at radius 3 is 2.52 bits per heavy atom. The van der Waals surface area contributed by atoms with E-state index in [1.54, 1.807) is 31.2 Å². The molecule has 0 amide bonds. The fraction of sp³-hybridized carbons (Fsp3) is 0.133. The van der Waals surface area contributed by atoms with E-state index in [0.717, 1.165) is 4.90 Å². The monoisotopic (exact) mass is 341 g/mol. The molecule has 0 aliphatic rings. The number of halogens is 2. The molecule has 21 heavy (non-hydrogen) atoms. The lowest BCUT2D eigenvalue weighted by Crippen LogP contribution is -2.07. The lowest BCUT2D eigenvalue weighted by atomic mass is 10.2. The minimum Gasteiger partial charge on any atom is -0.462 e. The Morgan fingerprint density at radius 1 is 1.24 bits per heavy atom. The van der Waals surface area contributed by atoms with Crippen LogP contribution in [-0.2, 0) is 4.74 Å². The van der Waals surface area contributed by atoms with Gasteiger partial charge >= 0.3 is 5.97 Å². The number of esters is 1. The molecule has 0 saturated carbocycles. The summed E-state index contributed by atoms with van der Waals surface area (Å²) in [6.07, 6.45) is 0. The van der Waals surface area contributed by atoms with E-state index < -0.39 is 5.97 Å². The van der Waals surface area contributed by atoms with Gasteiger partial charge in [0.25, 0.3) is 0 Å². The Hall–Kier alpha value is -1.36. The molecule has 6 heteroatoms. The first-order chi connectivity index (χ1) is 10.0. The maximum Gasteiger partial charge on any atom is 0.339 e. The van der Waals surface area contributed by atoms with Crippen molar-refractivity contribution < 1.29 is 9.53 Å². The lowest BCUT2D eigenvalue weighted by molar-refractivity contribution is 0.0522. The van der Waals surface area contributed by atoms with Crippen LogP contribution in [0.2, 0.25) is 10.0 Å². The number of benzene rings is 2. The maximum absolute atomic E-state index is 12.0. The van der Waals surface area contributed by atoms with E-state index in [1.165, 1.54) is 11.8 Å². The van der Waals surface area contributed by atoms with Crippen molar-refractivity contribution in [3.8, 4) is 0 Å². The number of ether oxygens (including phenoxy) is 1. The van der Waals surface area contributed by atoms with Crippen molar-refractivity contribution in [2.75, 3.05) is 12.3 Å². The summed E-state index contributed by atoms with van der Waals surface area (Å²) in [5.41, 5.74) is 6.54. The fourth-order valence-electron chi connectivity index (χ4n) is 1.70. The molecule has 0 saturated heterocycles. The largest absolute Gasteiger partial charge is 0.462 e. The number of hydrogen-bond donors (Lipinski definition) is 1. The van der Waals surface area contributed by atoms with Gasteiger partial charge in [-0.3, -0.25) is 0 Å². The molecule has 0 aromatic heterocycles. The third-order valence-corrected chi connectivity index (χ3v) is 4.41. The van der Waals surface area contributed by atoms with Crippen molar-refractivity contribution in [2.45, 2.75) is 16.7 Å². The van der Waals surface area contributed by atoms with Gasteiger partial charge in [-0.1, -0.05) is 35.0 Å². The normalized spacial score (nSPS) is 10.4. The summed E-state index contributed by atoms with van der Waals surface area (Å²) in [6.45, 7) is 2.04. The van der Waals surface area contributed by atoms with Gasteiger partial charge in [0.1, 0.15) is 0 Å². The molecule has 2 aromatic rings. The third kappa shape index (κ3) is 4.06. The summed E-state index contributed by atoms with van der Waals surface area (Å²) in [5, 5.41) is 1.06. The Bertz CT molecular complexity index is 659. The second-order valence-electron chi connectivity index (χ2n) is 4.16. The van der Waals surface area contributed by atoms with E-state index >= 15 is 0 Å². The van der Waals surface area contributed by atoms with Gasteiger partial charge < -0.3 is 10.5 Å². The van der Waals surface area contributed by atoms with Gasteiger partial charge in [0.2, 0.25) is 0 Å². The highest BCUT2D eigenvalue weighted by Gasteiger charge is 2.18. The molecule has 0 fully saturated rings. The molecule has 0 atom stereocenters. The van der Waals surface area contributed by atoms with Gasteiger partial charge in [0, 0.05) is 20.5 Å². The second-order valence-corrected chi connectivity index (χ2v) is 6.08. The van der Waals surface area contributed by atoms with Crippen molar-refractivity contribution in [2.24, 2.45) is 0 Å². The Morgan fingerprint density at radius 2 is 1.90 bits per heavy atom. The second kappa shape index (κ2) is 7.07. The van der Waals surface area contributed by atoms with E-state index in [4.69, 9.17) is 33.7 Å². The molecule has 0 aliphatic carbocycles. The molecule has 0 unspecified atom stereocenters. The Kier molecular flexibility index (Phi) is 5.39.